The summed E-state index contributed by atoms with van der Waals surface area (Å²) in [5.41, 5.74) is -2.51. The van der Waals surface area contributed by atoms with E-state index in [2.05, 4.69) is 0 Å². The lowest BCUT2D eigenvalue weighted by molar-refractivity contribution is -0.150. The molecule has 0 aliphatic carbocycles. The number of hydrogen-bond donors (Lipinski definition) is 1. The van der Waals surface area contributed by atoms with Gasteiger partial charge in [-0.2, -0.15) is 17.5 Å². The lowest BCUT2D eigenvalue weighted by Gasteiger charge is -2.42. The largest absolute Gasteiger partial charge is 0.480 e. The molecule has 134 valence electrons. The van der Waals surface area contributed by atoms with Crippen molar-refractivity contribution in [3.8, 4) is 0 Å². The van der Waals surface area contributed by atoms with Crippen LogP contribution in [0.4, 0.5) is 13.2 Å². The van der Waals surface area contributed by atoms with Crippen molar-refractivity contribution in [3.63, 3.8) is 0 Å². The van der Waals surface area contributed by atoms with E-state index < -0.39 is 33.3 Å². The van der Waals surface area contributed by atoms with Gasteiger partial charge in [-0.25, -0.2) is 8.42 Å². The number of carboxylic acids is 1. The van der Waals surface area contributed by atoms with Gasteiger partial charge in [0.25, 0.3) is 0 Å². The number of benzene rings is 1. The van der Waals surface area contributed by atoms with E-state index in [1.165, 1.54) is 0 Å². The molecule has 2 rings (SSSR count). The normalized spacial score (nSPS) is 23.2. The predicted octanol–water partition coefficient (Wildman–Crippen LogP) is 3.11. The maximum absolute atomic E-state index is 12.8. The molecule has 0 radical (unpaired) electrons. The summed E-state index contributed by atoms with van der Waals surface area (Å²) in [5.74, 6) is -1.24. The van der Waals surface area contributed by atoms with Gasteiger partial charge in [0.05, 0.1) is 10.5 Å². The summed E-state index contributed by atoms with van der Waals surface area (Å²) < 4.78 is 64.4. The zero-order chi connectivity index (χ0) is 18.2. The molecule has 0 unspecified atom stereocenters. The molecule has 5 nitrogen and oxygen atoms in total. The van der Waals surface area contributed by atoms with E-state index in [4.69, 9.17) is 0 Å². The maximum Gasteiger partial charge on any atom is 0.416 e. The van der Waals surface area contributed by atoms with Gasteiger partial charge >= 0.3 is 12.1 Å². The lowest BCUT2D eigenvalue weighted by Crippen LogP contribution is -2.58. The van der Waals surface area contributed by atoms with Gasteiger partial charge < -0.3 is 5.11 Å². The monoisotopic (exact) mass is 365 g/mol. The molecule has 1 aliphatic rings. The van der Waals surface area contributed by atoms with Gasteiger partial charge in [-0.3, -0.25) is 4.79 Å². The topological polar surface area (TPSA) is 74.7 Å². The summed E-state index contributed by atoms with van der Waals surface area (Å²) in [6.07, 6.45) is -3.21. The molecule has 1 aromatic carbocycles. The van der Waals surface area contributed by atoms with Crippen LogP contribution in [0.5, 0.6) is 0 Å². The minimum atomic E-state index is -4.57. The van der Waals surface area contributed by atoms with Gasteiger partial charge in [0, 0.05) is 6.54 Å². The number of carboxylic acid groups (broad SMARTS) is 1. The fourth-order valence-electron chi connectivity index (χ4n) is 3.02. The SMILES string of the molecule is CC[C@@]1(C(=O)O)CCCCN1S(=O)(=O)c1ccc(C(F)(F)F)cc1. The summed E-state index contributed by atoms with van der Waals surface area (Å²) in [5, 5.41) is 9.57. The second-order valence-electron chi connectivity index (χ2n) is 5.75. The van der Waals surface area contributed by atoms with Crippen LogP contribution in [-0.2, 0) is 21.0 Å². The van der Waals surface area contributed by atoms with E-state index in [1.807, 2.05) is 0 Å². The summed E-state index contributed by atoms with van der Waals surface area (Å²) in [6.45, 7) is 1.62. The van der Waals surface area contributed by atoms with Crippen molar-refractivity contribution in [1.82, 2.24) is 4.31 Å². The van der Waals surface area contributed by atoms with Crippen LogP contribution in [0.1, 0.15) is 38.2 Å². The van der Waals surface area contributed by atoms with Crippen LogP contribution in [-0.4, -0.2) is 35.9 Å². The van der Waals surface area contributed by atoms with Gasteiger partial charge in [0.2, 0.25) is 10.0 Å². The highest BCUT2D eigenvalue weighted by Crippen LogP contribution is 2.37. The van der Waals surface area contributed by atoms with Crippen LogP contribution in [0.25, 0.3) is 0 Å². The van der Waals surface area contributed by atoms with Crippen LogP contribution >= 0.6 is 0 Å². The quantitative estimate of drug-likeness (QED) is 0.890. The van der Waals surface area contributed by atoms with E-state index in [1.54, 1.807) is 6.92 Å². The van der Waals surface area contributed by atoms with Gasteiger partial charge in [-0.1, -0.05) is 6.92 Å². The lowest BCUT2D eigenvalue weighted by atomic mass is 9.86. The average Bonchev–Trinajstić information content (AvgIpc) is 2.53. The van der Waals surface area contributed by atoms with Crippen molar-refractivity contribution in [2.75, 3.05) is 6.54 Å². The molecule has 1 saturated heterocycles. The zero-order valence-corrected chi connectivity index (χ0v) is 13.8. The second-order valence-corrected chi connectivity index (χ2v) is 7.61. The number of alkyl halides is 3. The molecule has 1 N–H and O–H groups in total. The first-order chi connectivity index (χ1) is 11.1. The van der Waals surface area contributed by atoms with Gasteiger partial charge in [-0.15, -0.1) is 0 Å². The van der Waals surface area contributed by atoms with Crippen molar-refractivity contribution in [2.24, 2.45) is 0 Å². The summed E-state index contributed by atoms with van der Waals surface area (Å²) in [4.78, 5) is 11.4. The molecule has 1 heterocycles. The van der Waals surface area contributed by atoms with E-state index in [-0.39, 0.29) is 24.3 Å². The van der Waals surface area contributed by atoms with E-state index in [0.29, 0.717) is 25.0 Å². The molecule has 1 aliphatic heterocycles. The number of halogens is 3. The van der Waals surface area contributed by atoms with Crippen molar-refractivity contribution < 1.29 is 31.5 Å². The summed E-state index contributed by atoms with van der Waals surface area (Å²) in [6, 6.07) is 3.11. The Hall–Kier alpha value is -1.61. The first kappa shape index (κ1) is 18.7. The third kappa shape index (κ3) is 3.14. The Balaban J connectivity index is 2.46. The van der Waals surface area contributed by atoms with Crippen LogP contribution in [0.15, 0.2) is 29.2 Å². The second kappa shape index (κ2) is 6.36. The van der Waals surface area contributed by atoms with E-state index in [0.717, 1.165) is 16.4 Å². The first-order valence-corrected chi connectivity index (χ1v) is 8.93. The number of rotatable bonds is 4. The Morgan fingerprint density at radius 3 is 2.29 bits per heavy atom. The minimum Gasteiger partial charge on any atom is -0.480 e. The van der Waals surface area contributed by atoms with Crippen molar-refractivity contribution >= 4 is 16.0 Å². The molecule has 0 amide bonds. The Bertz CT molecular complexity index is 715. The van der Waals surface area contributed by atoms with Gasteiger partial charge in [-0.05, 0) is 49.9 Å². The molecular weight excluding hydrogens is 347 g/mol. The minimum absolute atomic E-state index is 0.0312. The first-order valence-electron chi connectivity index (χ1n) is 7.49. The van der Waals surface area contributed by atoms with Crippen molar-refractivity contribution in [2.45, 2.75) is 49.2 Å². The van der Waals surface area contributed by atoms with Crippen molar-refractivity contribution in [1.29, 1.82) is 0 Å². The molecule has 0 spiro atoms. The van der Waals surface area contributed by atoms with Gasteiger partial charge in [0.1, 0.15) is 5.54 Å². The molecule has 9 heteroatoms. The Morgan fingerprint density at radius 2 is 1.83 bits per heavy atom. The molecule has 0 aromatic heterocycles. The molecule has 1 atom stereocenters. The fraction of sp³-hybridized carbons (Fsp3) is 0.533. The Morgan fingerprint density at radius 1 is 1.25 bits per heavy atom. The number of nitrogens with zero attached hydrogens (tertiary/aromatic N) is 1. The number of piperidine rings is 1. The third-order valence-electron chi connectivity index (χ3n) is 4.43. The Labute approximate surface area is 138 Å². The van der Waals surface area contributed by atoms with Crippen LogP contribution in [0.2, 0.25) is 0 Å². The molecule has 0 bridgehead atoms. The molecule has 1 fully saturated rings. The van der Waals surface area contributed by atoms with Crippen LogP contribution < -0.4 is 0 Å². The molecule has 24 heavy (non-hydrogen) atoms. The van der Waals surface area contributed by atoms with Crippen LogP contribution in [0, 0.1) is 0 Å². The highest BCUT2D eigenvalue weighted by atomic mass is 32.2. The molecular formula is C15H18F3NO4S. The summed E-state index contributed by atoms with van der Waals surface area (Å²) in [7, 11) is -4.20. The number of hydrogen-bond acceptors (Lipinski definition) is 3. The predicted molar refractivity (Wildman–Crippen MR) is 79.8 cm³/mol. The number of sulfonamides is 1. The van der Waals surface area contributed by atoms with E-state index in [9.17, 15) is 31.5 Å². The highest BCUT2D eigenvalue weighted by molar-refractivity contribution is 7.89. The average molecular weight is 365 g/mol. The highest BCUT2D eigenvalue weighted by Gasteiger charge is 2.50. The number of aliphatic carboxylic acids is 1. The third-order valence-corrected chi connectivity index (χ3v) is 6.41. The van der Waals surface area contributed by atoms with E-state index >= 15 is 0 Å². The smallest absolute Gasteiger partial charge is 0.416 e. The number of carbonyl (C=O) groups is 1. The van der Waals surface area contributed by atoms with Crippen molar-refractivity contribution in [3.05, 3.63) is 29.8 Å². The van der Waals surface area contributed by atoms with Gasteiger partial charge in [0.15, 0.2) is 0 Å². The standard InChI is InChI=1S/C15H18F3NO4S/c1-2-14(13(20)21)9-3-4-10-19(14)24(22,23)12-7-5-11(6-8-12)15(16,17)18/h5-8H,2-4,9-10H2,1H3,(H,20,21)/t14-/m0/s1. The fourth-order valence-corrected chi connectivity index (χ4v) is 4.89. The zero-order valence-electron chi connectivity index (χ0n) is 13.0. The summed E-state index contributed by atoms with van der Waals surface area (Å²) >= 11 is 0. The maximum atomic E-state index is 12.8. The Kier molecular flexibility index (Phi) is 4.96. The molecule has 1 aromatic rings. The molecule has 0 saturated carbocycles. The van der Waals surface area contributed by atoms with Crippen LogP contribution in [0.3, 0.4) is 0 Å².